The number of hydrogen-bond acceptors (Lipinski definition) is 13. The minimum atomic E-state index is -1.99. The van der Waals surface area contributed by atoms with Crippen molar-refractivity contribution in [3.05, 3.63) is 30.3 Å². The number of nitro groups is 3. The molecule has 4 N–H and O–H groups in total. The zero-order valence-electron chi connectivity index (χ0n) is 18.0. The van der Waals surface area contributed by atoms with Crippen molar-refractivity contribution in [2.45, 2.75) is 37.4 Å². The first-order chi connectivity index (χ1) is 14.2. The number of carbonyl (C=O) groups excluding carboxylic acids is 1. The molecule has 16 nitrogen and oxygen atoms in total. The normalized spacial score (nSPS) is 18.7. The summed E-state index contributed by atoms with van der Waals surface area (Å²) in [5, 5.41) is 64.1. The second-order valence-electron chi connectivity index (χ2n) is 7.38. The highest BCUT2D eigenvalue weighted by Gasteiger charge is 2.49. The Morgan fingerprint density at radius 1 is 1.00 bits per heavy atom. The molecule has 1 atom stereocenters. The Morgan fingerprint density at radius 3 is 1.58 bits per heavy atom. The van der Waals surface area contributed by atoms with Gasteiger partial charge in [0, 0.05) is 20.3 Å². The first-order valence-corrected chi connectivity index (χ1v) is 8.60. The molecule has 1 unspecified atom stereocenters. The Bertz CT molecular complexity index is 540. The molecular weight excluding hydrogens is 428 g/mol. The Morgan fingerprint density at radius 2 is 1.39 bits per heavy atom. The summed E-state index contributed by atoms with van der Waals surface area (Å²) in [5.74, 6) is 0. The standard InChI is InChI=1S/C9H18N2O4.C4H9NO5.CH3NO2.CH2O/c1-8(2,3)10-4-9(5-12,11(13)14)6-15-7-10;6-1-4(2-7,3-8)5(9)10;1-2(3)4;1-2/h12H,4-7H2,1-3H3;6-8H,1-3H2;1H3;1H2. The third-order valence-electron chi connectivity index (χ3n) is 4.00. The molecule has 0 aromatic heterocycles. The fourth-order valence-corrected chi connectivity index (χ4v) is 1.81. The van der Waals surface area contributed by atoms with E-state index < -0.39 is 52.3 Å². The monoisotopic (exact) mass is 460 g/mol. The predicted octanol–water partition coefficient (Wildman–Crippen LogP) is -2.23. The quantitative estimate of drug-likeness (QED) is 0.242. The van der Waals surface area contributed by atoms with Crippen LogP contribution in [0.1, 0.15) is 20.8 Å². The highest BCUT2D eigenvalue weighted by Crippen LogP contribution is 2.24. The zero-order valence-corrected chi connectivity index (χ0v) is 18.0. The van der Waals surface area contributed by atoms with E-state index in [4.69, 9.17) is 40.1 Å². The van der Waals surface area contributed by atoms with Gasteiger partial charge in [0.25, 0.3) is 11.1 Å². The second-order valence-corrected chi connectivity index (χ2v) is 7.38. The maximum atomic E-state index is 10.9. The van der Waals surface area contributed by atoms with Crippen LogP contribution in [0.5, 0.6) is 0 Å². The van der Waals surface area contributed by atoms with Crippen molar-refractivity contribution in [1.29, 1.82) is 0 Å². The highest BCUT2D eigenvalue weighted by atomic mass is 16.6. The minimum absolute atomic E-state index is 0.0247. The number of rotatable bonds is 6. The van der Waals surface area contributed by atoms with Crippen molar-refractivity contribution in [3.8, 4) is 0 Å². The van der Waals surface area contributed by atoms with Gasteiger partial charge < -0.3 is 30.0 Å². The molecule has 0 radical (unpaired) electrons. The van der Waals surface area contributed by atoms with E-state index in [9.17, 15) is 20.2 Å². The molecule has 1 rings (SSSR count). The number of hydrogen-bond donors (Lipinski definition) is 4. The number of aliphatic hydroxyl groups excluding tert-OH is 4. The second kappa shape index (κ2) is 15.4. The van der Waals surface area contributed by atoms with Crippen LogP contribution in [0.3, 0.4) is 0 Å². The molecule has 1 heterocycles. The average molecular weight is 460 g/mol. The lowest BCUT2D eigenvalue weighted by atomic mass is 9.97. The lowest BCUT2D eigenvalue weighted by Crippen LogP contribution is -2.62. The van der Waals surface area contributed by atoms with Crippen molar-refractivity contribution in [1.82, 2.24) is 4.90 Å². The topological polar surface area (TPSA) is 240 Å². The van der Waals surface area contributed by atoms with Crippen molar-refractivity contribution >= 4 is 6.79 Å². The van der Waals surface area contributed by atoms with E-state index in [0.717, 1.165) is 7.05 Å². The molecule has 1 fully saturated rings. The Labute approximate surface area is 178 Å². The molecule has 0 spiro atoms. The first-order valence-electron chi connectivity index (χ1n) is 8.60. The van der Waals surface area contributed by atoms with Crippen LogP contribution in [-0.2, 0) is 9.53 Å². The average Bonchev–Trinajstić information content (AvgIpc) is 2.70. The lowest BCUT2D eigenvalue weighted by molar-refractivity contribution is -0.585. The third kappa shape index (κ3) is 11.6. The van der Waals surface area contributed by atoms with Crippen LogP contribution in [0.2, 0.25) is 0 Å². The summed E-state index contributed by atoms with van der Waals surface area (Å²) in [5.41, 5.74) is -3.55. The molecule has 16 heteroatoms. The SMILES string of the molecule is C=O.CC(C)(C)N1COCC(CO)([N+](=O)[O-])C1.C[N+](=O)[O-].O=[N+]([O-])C(CO)(CO)CO. The molecule has 0 bridgehead atoms. The molecule has 0 saturated carbocycles. The van der Waals surface area contributed by atoms with E-state index in [-0.39, 0.29) is 18.7 Å². The van der Waals surface area contributed by atoms with E-state index >= 15 is 0 Å². The summed E-state index contributed by atoms with van der Waals surface area (Å²) >= 11 is 0. The maximum Gasteiger partial charge on any atom is 0.289 e. The smallest absolute Gasteiger partial charge is 0.289 e. The molecule has 1 aliphatic heterocycles. The Balaban J connectivity index is -0.000000423. The molecule has 0 aromatic rings. The Kier molecular flexibility index (Phi) is 16.6. The molecule has 0 aromatic carbocycles. The van der Waals surface area contributed by atoms with Gasteiger partial charge in [0.2, 0.25) is 0 Å². The largest absolute Gasteiger partial charge is 0.389 e. The summed E-state index contributed by atoms with van der Waals surface area (Å²) in [6, 6.07) is 0. The number of ether oxygens (including phenoxy) is 1. The first kappa shape index (κ1) is 33.3. The molecule has 1 saturated heterocycles. The summed E-state index contributed by atoms with van der Waals surface area (Å²) in [6.45, 7) is 5.36. The fourth-order valence-electron chi connectivity index (χ4n) is 1.81. The lowest BCUT2D eigenvalue weighted by Gasteiger charge is -2.42. The van der Waals surface area contributed by atoms with Crippen LogP contribution in [0.25, 0.3) is 0 Å². The van der Waals surface area contributed by atoms with Crippen molar-refractivity contribution < 1.29 is 44.7 Å². The van der Waals surface area contributed by atoms with E-state index in [1.54, 1.807) is 0 Å². The summed E-state index contributed by atoms with van der Waals surface area (Å²) in [6.07, 6.45) is 0. The summed E-state index contributed by atoms with van der Waals surface area (Å²) in [7, 11) is 0.889. The molecule has 31 heavy (non-hydrogen) atoms. The predicted molar refractivity (Wildman–Crippen MR) is 105 cm³/mol. The Hall–Kier alpha value is -2.37. The van der Waals surface area contributed by atoms with Crippen molar-refractivity contribution in [3.63, 3.8) is 0 Å². The summed E-state index contributed by atoms with van der Waals surface area (Å²) in [4.78, 5) is 37.8. The van der Waals surface area contributed by atoms with E-state index in [2.05, 4.69) is 0 Å². The minimum Gasteiger partial charge on any atom is -0.389 e. The van der Waals surface area contributed by atoms with Gasteiger partial charge in [-0.2, -0.15) is 0 Å². The van der Waals surface area contributed by atoms with Crippen LogP contribution in [0.4, 0.5) is 0 Å². The van der Waals surface area contributed by atoms with Crippen molar-refractivity contribution in [2.24, 2.45) is 0 Å². The molecule has 1 aliphatic rings. The van der Waals surface area contributed by atoms with Crippen LogP contribution in [0, 0.1) is 30.3 Å². The van der Waals surface area contributed by atoms with Gasteiger partial charge in [0.15, 0.2) is 7.05 Å². The van der Waals surface area contributed by atoms with Gasteiger partial charge in [-0.1, -0.05) is 0 Å². The van der Waals surface area contributed by atoms with Gasteiger partial charge >= 0.3 is 0 Å². The van der Waals surface area contributed by atoms with E-state index in [0.29, 0.717) is 6.73 Å². The highest BCUT2D eigenvalue weighted by molar-refractivity contribution is 5.11. The molecule has 0 aliphatic carbocycles. The zero-order chi connectivity index (χ0) is 25.5. The van der Waals surface area contributed by atoms with Crippen molar-refractivity contribution in [2.75, 3.05) is 53.4 Å². The van der Waals surface area contributed by atoms with Gasteiger partial charge in [0.1, 0.15) is 46.6 Å². The van der Waals surface area contributed by atoms with E-state index in [1.165, 1.54) is 0 Å². The molecule has 0 amide bonds. The summed E-state index contributed by atoms with van der Waals surface area (Å²) < 4.78 is 5.20. The van der Waals surface area contributed by atoms with Gasteiger partial charge in [-0.15, -0.1) is 0 Å². The van der Waals surface area contributed by atoms with Crippen LogP contribution < -0.4 is 0 Å². The maximum absolute atomic E-state index is 10.9. The number of carbonyl (C=O) groups is 1. The van der Waals surface area contributed by atoms with Gasteiger partial charge in [-0.05, 0) is 20.8 Å². The third-order valence-corrected chi connectivity index (χ3v) is 4.00. The molecular formula is C15H32N4O12. The van der Waals surface area contributed by atoms with Gasteiger partial charge in [0.05, 0.1) is 6.54 Å². The van der Waals surface area contributed by atoms with Crippen LogP contribution >= 0.6 is 0 Å². The number of nitrogens with zero attached hydrogens (tertiary/aromatic N) is 4. The fraction of sp³-hybridized carbons (Fsp3) is 0.933. The number of aliphatic hydroxyl groups is 4. The van der Waals surface area contributed by atoms with Gasteiger partial charge in [-0.25, -0.2) is 0 Å². The molecule has 184 valence electrons. The van der Waals surface area contributed by atoms with E-state index in [1.807, 2.05) is 32.5 Å². The van der Waals surface area contributed by atoms with Gasteiger partial charge in [-0.3, -0.25) is 35.2 Å². The van der Waals surface area contributed by atoms with Crippen LogP contribution in [0.15, 0.2) is 0 Å². The van der Waals surface area contributed by atoms with Crippen LogP contribution in [-0.4, -0.2) is 117 Å².